The molecule has 0 aliphatic carbocycles. The number of rotatable bonds is 4. The summed E-state index contributed by atoms with van der Waals surface area (Å²) in [5.74, 6) is 0. The molecule has 2 nitrogen and oxygen atoms in total. The molecule has 18 heavy (non-hydrogen) atoms. The lowest BCUT2D eigenvalue weighted by molar-refractivity contribution is 0.358. The molecule has 0 saturated carbocycles. The Labute approximate surface area is 111 Å². The van der Waals surface area contributed by atoms with E-state index in [0.29, 0.717) is 6.04 Å². The normalized spacial score (nSPS) is 21.5. The summed E-state index contributed by atoms with van der Waals surface area (Å²) in [6, 6.07) is 9.25. The molecule has 1 saturated heterocycles. The first kappa shape index (κ1) is 13.3. The van der Waals surface area contributed by atoms with Gasteiger partial charge in [0.05, 0.1) is 0 Å². The van der Waals surface area contributed by atoms with Gasteiger partial charge in [-0.25, -0.2) is 0 Å². The zero-order valence-corrected chi connectivity index (χ0v) is 11.7. The van der Waals surface area contributed by atoms with Crippen molar-refractivity contribution in [2.24, 2.45) is 0 Å². The van der Waals surface area contributed by atoms with E-state index in [2.05, 4.69) is 61.5 Å². The lowest BCUT2D eigenvalue weighted by Gasteiger charge is -2.16. The van der Waals surface area contributed by atoms with Crippen molar-refractivity contribution in [3.63, 3.8) is 0 Å². The topological polar surface area (TPSA) is 15.3 Å². The van der Waals surface area contributed by atoms with Crippen molar-refractivity contribution in [3.05, 3.63) is 41.0 Å². The SMILES string of the molecule is CNC1CCN(C/C(C)=C/c2ccccc2C)C1. The molecular formula is C16H24N2. The number of likely N-dealkylation sites (tertiary alicyclic amines) is 1. The van der Waals surface area contributed by atoms with Crippen LogP contribution in [0.25, 0.3) is 6.08 Å². The van der Waals surface area contributed by atoms with Gasteiger partial charge in [-0.15, -0.1) is 0 Å². The summed E-state index contributed by atoms with van der Waals surface area (Å²) >= 11 is 0. The van der Waals surface area contributed by atoms with E-state index in [1.165, 1.54) is 36.2 Å². The van der Waals surface area contributed by atoms with Crippen molar-refractivity contribution in [3.8, 4) is 0 Å². The van der Waals surface area contributed by atoms with Crippen LogP contribution in [0.1, 0.15) is 24.5 Å². The molecule has 1 aromatic carbocycles. The van der Waals surface area contributed by atoms with E-state index in [9.17, 15) is 0 Å². The standard InChI is InChI=1S/C16H24N2/c1-13(10-15-7-5-4-6-14(15)2)11-18-9-8-16(12-18)17-3/h4-7,10,16-17H,8-9,11-12H2,1-3H3/b13-10+. The van der Waals surface area contributed by atoms with Crippen LogP contribution in [-0.4, -0.2) is 37.6 Å². The third kappa shape index (κ3) is 3.44. The second-order valence-corrected chi connectivity index (χ2v) is 5.36. The van der Waals surface area contributed by atoms with Crippen LogP contribution in [0.2, 0.25) is 0 Å². The van der Waals surface area contributed by atoms with E-state index in [-0.39, 0.29) is 0 Å². The highest BCUT2D eigenvalue weighted by Crippen LogP contribution is 2.15. The first-order valence-corrected chi connectivity index (χ1v) is 6.81. The number of hydrogen-bond donors (Lipinski definition) is 1. The van der Waals surface area contributed by atoms with Gasteiger partial charge in [-0.05, 0) is 38.4 Å². The number of aryl methyl sites for hydroxylation is 1. The van der Waals surface area contributed by atoms with Gasteiger partial charge in [-0.3, -0.25) is 4.90 Å². The van der Waals surface area contributed by atoms with Crippen molar-refractivity contribution >= 4 is 6.08 Å². The molecule has 1 aromatic rings. The minimum Gasteiger partial charge on any atom is -0.316 e. The molecular weight excluding hydrogens is 220 g/mol. The second kappa shape index (κ2) is 6.17. The highest BCUT2D eigenvalue weighted by atomic mass is 15.2. The van der Waals surface area contributed by atoms with Crippen LogP contribution in [0.3, 0.4) is 0 Å². The average Bonchev–Trinajstić information content (AvgIpc) is 2.80. The fraction of sp³-hybridized carbons (Fsp3) is 0.500. The van der Waals surface area contributed by atoms with Gasteiger partial charge in [0.2, 0.25) is 0 Å². The van der Waals surface area contributed by atoms with Crippen molar-refractivity contribution in [1.82, 2.24) is 10.2 Å². The first-order valence-electron chi connectivity index (χ1n) is 6.81. The molecule has 1 N–H and O–H groups in total. The first-order chi connectivity index (χ1) is 8.69. The van der Waals surface area contributed by atoms with Gasteiger partial charge in [0, 0.05) is 25.7 Å². The van der Waals surface area contributed by atoms with Gasteiger partial charge in [-0.1, -0.05) is 35.9 Å². The van der Waals surface area contributed by atoms with Crippen molar-refractivity contribution < 1.29 is 0 Å². The van der Waals surface area contributed by atoms with Crippen LogP contribution >= 0.6 is 0 Å². The van der Waals surface area contributed by atoms with E-state index in [1.807, 2.05) is 0 Å². The smallest absolute Gasteiger partial charge is 0.0204 e. The molecule has 2 rings (SSSR count). The fourth-order valence-corrected chi connectivity index (χ4v) is 2.62. The third-order valence-electron chi connectivity index (χ3n) is 3.74. The molecule has 1 atom stereocenters. The van der Waals surface area contributed by atoms with E-state index >= 15 is 0 Å². The monoisotopic (exact) mass is 244 g/mol. The van der Waals surface area contributed by atoms with Crippen LogP contribution in [0.4, 0.5) is 0 Å². The maximum atomic E-state index is 3.36. The fourth-order valence-electron chi connectivity index (χ4n) is 2.62. The number of hydrogen-bond acceptors (Lipinski definition) is 2. The predicted molar refractivity (Wildman–Crippen MR) is 78.7 cm³/mol. The zero-order valence-electron chi connectivity index (χ0n) is 11.7. The lowest BCUT2D eigenvalue weighted by atomic mass is 10.1. The van der Waals surface area contributed by atoms with Gasteiger partial charge in [0.1, 0.15) is 0 Å². The minimum atomic E-state index is 0.677. The summed E-state index contributed by atoms with van der Waals surface area (Å²) in [5.41, 5.74) is 4.15. The van der Waals surface area contributed by atoms with Gasteiger partial charge in [0.25, 0.3) is 0 Å². The van der Waals surface area contributed by atoms with Crippen molar-refractivity contribution in [2.45, 2.75) is 26.3 Å². The van der Waals surface area contributed by atoms with Crippen LogP contribution in [0.15, 0.2) is 29.8 Å². The molecule has 1 fully saturated rings. The van der Waals surface area contributed by atoms with E-state index < -0.39 is 0 Å². The third-order valence-corrected chi connectivity index (χ3v) is 3.74. The summed E-state index contributed by atoms with van der Waals surface area (Å²) in [6.07, 6.45) is 3.59. The van der Waals surface area contributed by atoms with Crippen LogP contribution < -0.4 is 5.32 Å². The molecule has 1 aliphatic heterocycles. The van der Waals surface area contributed by atoms with Gasteiger partial charge < -0.3 is 5.32 Å². The summed E-state index contributed by atoms with van der Waals surface area (Å²) in [6.45, 7) is 7.89. The van der Waals surface area contributed by atoms with Gasteiger partial charge in [0.15, 0.2) is 0 Å². The van der Waals surface area contributed by atoms with Crippen LogP contribution in [0.5, 0.6) is 0 Å². The highest BCUT2D eigenvalue weighted by molar-refractivity contribution is 5.56. The molecule has 1 aliphatic rings. The number of nitrogens with one attached hydrogen (secondary N) is 1. The maximum absolute atomic E-state index is 3.36. The van der Waals surface area contributed by atoms with Gasteiger partial charge >= 0.3 is 0 Å². The van der Waals surface area contributed by atoms with Crippen molar-refractivity contribution in [1.29, 1.82) is 0 Å². The highest BCUT2D eigenvalue weighted by Gasteiger charge is 2.20. The number of likely N-dealkylation sites (N-methyl/N-ethyl adjacent to an activating group) is 1. The van der Waals surface area contributed by atoms with E-state index in [0.717, 1.165) is 6.54 Å². The summed E-state index contributed by atoms with van der Waals surface area (Å²) in [4.78, 5) is 2.53. The molecule has 1 heterocycles. The maximum Gasteiger partial charge on any atom is 0.0204 e. The van der Waals surface area contributed by atoms with E-state index in [1.54, 1.807) is 0 Å². The van der Waals surface area contributed by atoms with E-state index in [4.69, 9.17) is 0 Å². The molecule has 0 amide bonds. The molecule has 0 spiro atoms. The Kier molecular flexibility index (Phi) is 4.56. The van der Waals surface area contributed by atoms with Gasteiger partial charge in [-0.2, -0.15) is 0 Å². The van der Waals surface area contributed by atoms with Crippen LogP contribution in [-0.2, 0) is 0 Å². The molecule has 0 radical (unpaired) electrons. The number of benzene rings is 1. The average molecular weight is 244 g/mol. The Bertz CT molecular complexity index is 423. The summed E-state index contributed by atoms with van der Waals surface area (Å²) in [7, 11) is 2.06. The molecule has 2 heteroatoms. The predicted octanol–water partition coefficient (Wildman–Crippen LogP) is 2.69. The Hall–Kier alpha value is -1.12. The van der Waals surface area contributed by atoms with Crippen LogP contribution in [0, 0.1) is 6.92 Å². The van der Waals surface area contributed by atoms with Crippen molar-refractivity contribution in [2.75, 3.05) is 26.7 Å². The Morgan fingerprint density at radius 2 is 2.22 bits per heavy atom. The summed E-state index contributed by atoms with van der Waals surface area (Å²) < 4.78 is 0. The molecule has 1 unspecified atom stereocenters. The zero-order chi connectivity index (χ0) is 13.0. The lowest BCUT2D eigenvalue weighted by Crippen LogP contribution is -2.30. The molecule has 0 bridgehead atoms. The Morgan fingerprint density at radius 3 is 2.89 bits per heavy atom. The number of nitrogens with zero attached hydrogens (tertiary/aromatic N) is 1. The Balaban J connectivity index is 1.96. The second-order valence-electron chi connectivity index (χ2n) is 5.36. The molecule has 98 valence electrons. The minimum absolute atomic E-state index is 0.677. The Morgan fingerprint density at radius 1 is 1.44 bits per heavy atom. The molecule has 0 aromatic heterocycles. The quantitative estimate of drug-likeness (QED) is 0.876. The largest absolute Gasteiger partial charge is 0.316 e. The summed E-state index contributed by atoms with van der Waals surface area (Å²) in [5, 5.41) is 3.36.